The second-order valence-corrected chi connectivity index (χ2v) is 6.57. The minimum Gasteiger partial charge on any atom is -0.434 e. The summed E-state index contributed by atoms with van der Waals surface area (Å²) in [5.41, 5.74) is 0.615. The van der Waals surface area contributed by atoms with Crippen molar-refractivity contribution >= 4 is 23.1 Å². The number of hydrogen-bond acceptors (Lipinski definition) is 6. The normalized spacial score (nSPS) is 17.4. The highest BCUT2D eigenvalue weighted by Crippen LogP contribution is 2.38. The zero-order valence-electron chi connectivity index (χ0n) is 14.1. The molecular weight excluding hydrogens is 344 g/mol. The van der Waals surface area contributed by atoms with Crippen LogP contribution in [0.1, 0.15) is 31.7 Å². The molecule has 0 spiro atoms. The minimum absolute atomic E-state index is 0.0607. The van der Waals surface area contributed by atoms with Crippen molar-refractivity contribution in [3.63, 3.8) is 0 Å². The molecule has 7 nitrogen and oxygen atoms in total. The molecule has 8 heteroatoms. The van der Waals surface area contributed by atoms with E-state index in [2.05, 4.69) is 9.97 Å². The Balaban J connectivity index is 2.00. The molecule has 0 bridgehead atoms. The third-order valence-electron chi connectivity index (χ3n) is 4.37. The fourth-order valence-corrected chi connectivity index (χ4v) is 3.12. The lowest BCUT2D eigenvalue weighted by atomic mass is 10.0. The van der Waals surface area contributed by atoms with Gasteiger partial charge in [-0.2, -0.15) is 4.98 Å². The van der Waals surface area contributed by atoms with Gasteiger partial charge in [0.25, 0.3) is 0 Å². The van der Waals surface area contributed by atoms with Crippen molar-refractivity contribution in [2.75, 3.05) is 11.4 Å². The number of nitro groups is 1. The molecule has 0 radical (unpaired) electrons. The van der Waals surface area contributed by atoms with Crippen molar-refractivity contribution in [2.45, 2.75) is 39.2 Å². The lowest BCUT2D eigenvalue weighted by molar-refractivity contribution is -0.385. The van der Waals surface area contributed by atoms with Crippen molar-refractivity contribution < 1.29 is 9.66 Å². The van der Waals surface area contributed by atoms with E-state index < -0.39 is 4.92 Å². The molecule has 0 aliphatic carbocycles. The van der Waals surface area contributed by atoms with E-state index in [4.69, 9.17) is 16.3 Å². The van der Waals surface area contributed by atoms with Crippen LogP contribution in [0.3, 0.4) is 0 Å². The number of aromatic nitrogens is 2. The van der Waals surface area contributed by atoms with Gasteiger partial charge in [0.1, 0.15) is 12.1 Å². The predicted octanol–water partition coefficient (Wildman–Crippen LogP) is 4.52. The molecule has 1 fully saturated rings. The molecule has 2 heterocycles. The van der Waals surface area contributed by atoms with Crippen LogP contribution in [0.5, 0.6) is 11.6 Å². The van der Waals surface area contributed by atoms with Crippen LogP contribution in [-0.4, -0.2) is 27.5 Å². The molecule has 0 N–H and O–H groups in total. The summed E-state index contributed by atoms with van der Waals surface area (Å²) in [6, 6.07) is 5.25. The van der Waals surface area contributed by atoms with Crippen molar-refractivity contribution in [3.8, 4) is 11.6 Å². The van der Waals surface area contributed by atoms with Crippen LogP contribution in [0.4, 0.5) is 11.5 Å². The molecule has 1 saturated heterocycles. The number of rotatable bonds is 4. The molecular formula is C17H19ClN4O3. The first-order valence-electron chi connectivity index (χ1n) is 8.17. The summed E-state index contributed by atoms with van der Waals surface area (Å²) in [5, 5.41) is 12.3. The first-order chi connectivity index (χ1) is 12.0. The van der Waals surface area contributed by atoms with E-state index in [0.717, 1.165) is 31.4 Å². The number of hydrogen-bond donors (Lipinski definition) is 0. The average molecular weight is 363 g/mol. The summed E-state index contributed by atoms with van der Waals surface area (Å²) in [5.74, 6) is 0.698. The second-order valence-electron chi connectivity index (χ2n) is 6.16. The van der Waals surface area contributed by atoms with Gasteiger partial charge in [-0.25, -0.2) is 4.98 Å². The van der Waals surface area contributed by atoms with Crippen LogP contribution in [0, 0.1) is 17.0 Å². The Kier molecular flexibility index (Phi) is 5.03. The van der Waals surface area contributed by atoms with Crippen molar-refractivity contribution in [2.24, 2.45) is 0 Å². The number of piperidine rings is 1. The fraction of sp³-hybridized carbons (Fsp3) is 0.412. The molecule has 132 valence electrons. The van der Waals surface area contributed by atoms with Gasteiger partial charge in [0.15, 0.2) is 0 Å². The summed E-state index contributed by atoms with van der Waals surface area (Å²) >= 11 is 6.01. The summed E-state index contributed by atoms with van der Waals surface area (Å²) in [7, 11) is 0. The Hall–Kier alpha value is -2.41. The zero-order valence-corrected chi connectivity index (χ0v) is 14.9. The van der Waals surface area contributed by atoms with E-state index in [1.165, 1.54) is 6.33 Å². The topological polar surface area (TPSA) is 81.4 Å². The third-order valence-corrected chi connectivity index (χ3v) is 4.80. The molecule has 1 aliphatic rings. The van der Waals surface area contributed by atoms with Crippen LogP contribution in [0.2, 0.25) is 5.02 Å². The van der Waals surface area contributed by atoms with E-state index in [1.807, 2.05) is 18.7 Å². The minimum atomic E-state index is -0.477. The maximum absolute atomic E-state index is 11.7. The van der Waals surface area contributed by atoms with Crippen LogP contribution in [0.25, 0.3) is 0 Å². The van der Waals surface area contributed by atoms with Gasteiger partial charge in [0, 0.05) is 17.6 Å². The second kappa shape index (κ2) is 7.23. The van der Waals surface area contributed by atoms with E-state index in [0.29, 0.717) is 16.6 Å². The van der Waals surface area contributed by atoms with E-state index >= 15 is 0 Å². The Labute approximate surface area is 150 Å². The van der Waals surface area contributed by atoms with Crippen molar-refractivity contribution in [1.29, 1.82) is 0 Å². The molecule has 1 aromatic heterocycles. The third kappa shape index (κ3) is 3.66. The van der Waals surface area contributed by atoms with Gasteiger partial charge in [-0.05, 0) is 56.9 Å². The van der Waals surface area contributed by atoms with E-state index in [-0.39, 0.29) is 17.6 Å². The number of aryl methyl sites for hydroxylation is 1. The van der Waals surface area contributed by atoms with Gasteiger partial charge in [0.2, 0.25) is 5.82 Å². The molecule has 1 aromatic carbocycles. The summed E-state index contributed by atoms with van der Waals surface area (Å²) < 4.78 is 5.70. The standard InChI is InChI=1S/C17H19ClN4O3/c1-11-9-13(6-7-14(11)18)25-17-15(22(23)24)16(19-10-20-17)21-8-4-3-5-12(21)2/h6-7,9-10,12H,3-5,8H2,1-2H3. The molecule has 1 unspecified atom stereocenters. The fourth-order valence-electron chi connectivity index (χ4n) is 3.00. The van der Waals surface area contributed by atoms with E-state index in [1.54, 1.807) is 18.2 Å². The summed E-state index contributed by atoms with van der Waals surface area (Å²) in [6.45, 7) is 4.62. The molecule has 3 rings (SSSR count). The maximum atomic E-state index is 11.7. The summed E-state index contributed by atoms with van der Waals surface area (Å²) in [6.07, 6.45) is 4.39. The van der Waals surface area contributed by atoms with Crippen LogP contribution in [-0.2, 0) is 0 Å². The van der Waals surface area contributed by atoms with Gasteiger partial charge in [-0.15, -0.1) is 0 Å². The lowest BCUT2D eigenvalue weighted by Gasteiger charge is -2.33. The first kappa shape index (κ1) is 17.4. The van der Waals surface area contributed by atoms with Crippen molar-refractivity contribution in [1.82, 2.24) is 9.97 Å². The predicted molar refractivity (Wildman–Crippen MR) is 95.6 cm³/mol. The maximum Gasteiger partial charge on any atom is 0.373 e. The first-order valence-corrected chi connectivity index (χ1v) is 8.55. The highest BCUT2D eigenvalue weighted by atomic mass is 35.5. The van der Waals surface area contributed by atoms with Crippen molar-refractivity contribution in [3.05, 3.63) is 45.2 Å². The van der Waals surface area contributed by atoms with Gasteiger partial charge in [-0.1, -0.05) is 11.6 Å². The summed E-state index contributed by atoms with van der Waals surface area (Å²) in [4.78, 5) is 21.4. The molecule has 25 heavy (non-hydrogen) atoms. The number of ether oxygens (including phenoxy) is 1. The Morgan fingerprint density at radius 3 is 2.84 bits per heavy atom. The molecule has 0 amide bonds. The largest absolute Gasteiger partial charge is 0.434 e. The molecule has 1 atom stereocenters. The van der Waals surface area contributed by atoms with Gasteiger partial charge in [-0.3, -0.25) is 10.1 Å². The Morgan fingerprint density at radius 1 is 1.36 bits per heavy atom. The Morgan fingerprint density at radius 2 is 2.16 bits per heavy atom. The number of halogens is 1. The van der Waals surface area contributed by atoms with Gasteiger partial charge in [0.05, 0.1) is 4.92 Å². The Bertz CT molecular complexity index is 799. The van der Waals surface area contributed by atoms with Gasteiger partial charge < -0.3 is 9.64 Å². The quantitative estimate of drug-likeness (QED) is 0.587. The highest BCUT2D eigenvalue weighted by molar-refractivity contribution is 6.31. The number of benzene rings is 1. The zero-order chi connectivity index (χ0) is 18.0. The van der Waals surface area contributed by atoms with Crippen LogP contribution >= 0.6 is 11.6 Å². The number of nitrogens with zero attached hydrogens (tertiary/aromatic N) is 4. The molecule has 0 saturated carbocycles. The van der Waals surface area contributed by atoms with Crippen LogP contribution < -0.4 is 9.64 Å². The average Bonchev–Trinajstić information content (AvgIpc) is 2.58. The van der Waals surface area contributed by atoms with E-state index in [9.17, 15) is 10.1 Å². The SMILES string of the molecule is Cc1cc(Oc2ncnc(N3CCCCC3C)c2[N+](=O)[O-])ccc1Cl. The highest BCUT2D eigenvalue weighted by Gasteiger charge is 2.32. The van der Waals surface area contributed by atoms with Gasteiger partial charge >= 0.3 is 11.6 Å². The number of anilines is 1. The molecule has 2 aromatic rings. The smallest absolute Gasteiger partial charge is 0.373 e. The lowest BCUT2D eigenvalue weighted by Crippen LogP contribution is -2.38. The monoisotopic (exact) mass is 362 g/mol. The molecule has 1 aliphatic heterocycles. The van der Waals surface area contributed by atoms with Crippen LogP contribution in [0.15, 0.2) is 24.5 Å².